The van der Waals surface area contributed by atoms with Gasteiger partial charge in [0, 0.05) is 30.9 Å². The molecule has 0 aliphatic heterocycles. The first-order valence-electron chi connectivity index (χ1n) is 8.83. The van der Waals surface area contributed by atoms with Crippen LogP contribution in [0.25, 0.3) is 0 Å². The van der Waals surface area contributed by atoms with Gasteiger partial charge in [-0.1, -0.05) is 29.8 Å². The summed E-state index contributed by atoms with van der Waals surface area (Å²) >= 11 is 6.19. The number of benzene rings is 1. The molecule has 26 heavy (non-hydrogen) atoms. The molecule has 1 aromatic heterocycles. The number of halogens is 2. The summed E-state index contributed by atoms with van der Waals surface area (Å²) in [7, 11) is 1.82. The maximum Gasteiger partial charge on any atom is 0.274 e. The topological polar surface area (TPSA) is 38.1 Å². The third-order valence-electron chi connectivity index (χ3n) is 4.85. The Kier molecular flexibility index (Phi) is 5.77. The zero-order valence-corrected chi connectivity index (χ0v) is 15.8. The normalized spacial score (nSPS) is 16.7. The zero-order chi connectivity index (χ0) is 18.7. The average molecular weight is 376 g/mol. The molecule has 0 spiro atoms. The van der Waals surface area contributed by atoms with Crippen molar-refractivity contribution in [3.8, 4) is 0 Å². The number of aryl methyl sites for hydroxylation is 2. The Morgan fingerprint density at radius 3 is 2.81 bits per heavy atom. The Morgan fingerprint density at radius 1 is 1.38 bits per heavy atom. The van der Waals surface area contributed by atoms with E-state index in [-0.39, 0.29) is 11.7 Å². The highest BCUT2D eigenvalue weighted by molar-refractivity contribution is 6.31. The monoisotopic (exact) mass is 375 g/mol. The minimum absolute atomic E-state index is 0.122. The summed E-state index contributed by atoms with van der Waals surface area (Å²) in [6, 6.07) is 6.09. The Morgan fingerprint density at radius 2 is 2.19 bits per heavy atom. The Bertz CT molecular complexity index is 811. The lowest BCUT2D eigenvalue weighted by atomic mass is 9.93. The highest BCUT2D eigenvalue weighted by Gasteiger charge is 2.24. The van der Waals surface area contributed by atoms with E-state index < -0.39 is 0 Å². The van der Waals surface area contributed by atoms with Gasteiger partial charge in [-0.15, -0.1) is 0 Å². The average Bonchev–Trinajstić information content (AvgIpc) is 2.96. The molecule has 1 aromatic carbocycles. The van der Waals surface area contributed by atoms with Crippen molar-refractivity contribution in [3.63, 3.8) is 0 Å². The maximum atomic E-state index is 13.3. The maximum absolute atomic E-state index is 13.3. The van der Waals surface area contributed by atoms with Crippen LogP contribution in [-0.2, 0) is 13.6 Å². The molecule has 1 aliphatic rings. The molecule has 0 fully saturated rings. The first-order chi connectivity index (χ1) is 12.4. The number of hydrogen-bond acceptors (Lipinski definition) is 2. The van der Waals surface area contributed by atoms with Crippen LogP contribution in [0.15, 0.2) is 36.4 Å². The summed E-state index contributed by atoms with van der Waals surface area (Å²) in [5, 5.41) is 4.66. The number of carbonyl (C=O) groups is 1. The first kappa shape index (κ1) is 18.6. The predicted molar refractivity (Wildman–Crippen MR) is 101 cm³/mol. The fourth-order valence-electron chi connectivity index (χ4n) is 3.24. The van der Waals surface area contributed by atoms with Crippen molar-refractivity contribution in [2.75, 3.05) is 6.54 Å². The van der Waals surface area contributed by atoms with Crippen LogP contribution in [-0.4, -0.2) is 27.1 Å². The fraction of sp³-hybridized carbons (Fsp3) is 0.400. The number of rotatable bonds is 5. The standard InChI is InChI=1S/C20H23ClFN3O/c1-14-10-19(23-24(14)2)20(26)25(12-15-6-4-3-5-7-15)13-16-8-9-17(22)11-18(16)21/h3-4,8-11,15H,5-7,12-13H2,1-2H3. The van der Waals surface area contributed by atoms with E-state index in [1.54, 1.807) is 21.7 Å². The van der Waals surface area contributed by atoms with Crippen LogP contribution < -0.4 is 0 Å². The quantitative estimate of drug-likeness (QED) is 0.720. The van der Waals surface area contributed by atoms with E-state index in [0.29, 0.717) is 29.7 Å². The van der Waals surface area contributed by atoms with Gasteiger partial charge in [0.1, 0.15) is 5.82 Å². The van der Waals surface area contributed by atoms with E-state index in [2.05, 4.69) is 17.3 Å². The molecule has 0 saturated carbocycles. The van der Waals surface area contributed by atoms with Gasteiger partial charge in [-0.05, 0) is 55.9 Å². The molecule has 1 amide bonds. The van der Waals surface area contributed by atoms with Gasteiger partial charge >= 0.3 is 0 Å². The molecule has 0 saturated heterocycles. The van der Waals surface area contributed by atoms with Crippen molar-refractivity contribution in [1.29, 1.82) is 0 Å². The molecule has 6 heteroatoms. The number of amides is 1. The van der Waals surface area contributed by atoms with Crippen molar-refractivity contribution >= 4 is 17.5 Å². The van der Waals surface area contributed by atoms with E-state index in [4.69, 9.17) is 11.6 Å². The third-order valence-corrected chi connectivity index (χ3v) is 5.20. The molecular weight excluding hydrogens is 353 g/mol. The van der Waals surface area contributed by atoms with Gasteiger partial charge < -0.3 is 4.90 Å². The predicted octanol–water partition coefficient (Wildman–Crippen LogP) is 4.52. The second-order valence-electron chi connectivity index (χ2n) is 6.87. The number of hydrogen-bond donors (Lipinski definition) is 0. The van der Waals surface area contributed by atoms with Gasteiger partial charge in [-0.25, -0.2) is 4.39 Å². The zero-order valence-electron chi connectivity index (χ0n) is 15.1. The summed E-state index contributed by atoms with van der Waals surface area (Å²) in [5.41, 5.74) is 2.09. The van der Waals surface area contributed by atoms with E-state index in [0.717, 1.165) is 30.5 Å². The van der Waals surface area contributed by atoms with E-state index in [1.807, 2.05) is 14.0 Å². The Balaban J connectivity index is 1.84. The highest BCUT2D eigenvalue weighted by Crippen LogP contribution is 2.24. The lowest BCUT2D eigenvalue weighted by Gasteiger charge is -2.28. The lowest BCUT2D eigenvalue weighted by Crippen LogP contribution is -2.35. The molecule has 0 bridgehead atoms. The van der Waals surface area contributed by atoms with Gasteiger partial charge in [-0.2, -0.15) is 5.10 Å². The molecule has 4 nitrogen and oxygen atoms in total. The largest absolute Gasteiger partial charge is 0.333 e. The molecule has 138 valence electrons. The molecule has 2 aromatic rings. The summed E-state index contributed by atoms with van der Waals surface area (Å²) in [6.07, 6.45) is 7.40. The minimum Gasteiger partial charge on any atom is -0.333 e. The summed E-state index contributed by atoms with van der Waals surface area (Å²) in [5.74, 6) is -0.0916. The van der Waals surface area contributed by atoms with Gasteiger partial charge in [0.25, 0.3) is 5.91 Å². The fourth-order valence-corrected chi connectivity index (χ4v) is 3.46. The molecule has 1 atom stereocenters. The minimum atomic E-state index is -0.380. The second kappa shape index (κ2) is 8.04. The Labute approximate surface area is 158 Å². The molecular formula is C20H23ClFN3O. The molecule has 1 unspecified atom stereocenters. The summed E-state index contributed by atoms with van der Waals surface area (Å²) in [4.78, 5) is 14.9. The number of allylic oxidation sites excluding steroid dienone is 2. The van der Waals surface area contributed by atoms with E-state index in [9.17, 15) is 9.18 Å². The summed E-state index contributed by atoms with van der Waals surface area (Å²) < 4.78 is 15.0. The van der Waals surface area contributed by atoms with Crippen molar-refractivity contribution in [2.24, 2.45) is 13.0 Å². The Hall–Kier alpha value is -2.14. The van der Waals surface area contributed by atoms with Gasteiger partial charge in [0.05, 0.1) is 0 Å². The van der Waals surface area contributed by atoms with Crippen molar-refractivity contribution < 1.29 is 9.18 Å². The van der Waals surface area contributed by atoms with E-state index >= 15 is 0 Å². The molecule has 1 aliphatic carbocycles. The van der Waals surface area contributed by atoms with Crippen LogP contribution in [0.4, 0.5) is 4.39 Å². The van der Waals surface area contributed by atoms with Crippen LogP contribution >= 0.6 is 11.6 Å². The van der Waals surface area contributed by atoms with Crippen molar-refractivity contribution in [2.45, 2.75) is 32.7 Å². The number of aromatic nitrogens is 2. The van der Waals surface area contributed by atoms with Crippen LogP contribution in [0, 0.1) is 18.7 Å². The molecule has 1 heterocycles. The highest BCUT2D eigenvalue weighted by atomic mass is 35.5. The van der Waals surface area contributed by atoms with Gasteiger partial charge in [-0.3, -0.25) is 9.48 Å². The van der Waals surface area contributed by atoms with Crippen LogP contribution in [0.3, 0.4) is 0 Å². The van der Waals surface area contributed by atoms with Crippen LogP contribution in [0.2, 0.25) is 5.02 Å². The lowest BCUT2D eigenvalue weighted by molar-refractivity contribution is 0.0703. The first-order valence-corrected chi connectivity index (χ1v) is 9.20. The smallest absolute Gasteiger partial charge is 0.274 e. The van der Waals surface area contributed by atoms with Gasteiger partial charge in [0.15, 0.2) is 5.69 Å². The third kappa shape index (κ3) is 4.33. The summed E-state index contributed by atoms with van der Waals surface area (Å²) in [6.45, 7) is 2.89. The van der Waals surface area contributed by atoms with Crippen LogP contribution in [0.5, 0.6) is 0 Å². The van der Waals surface area contributed by atoms with Crippen molar-refractivity contribution in [3.05, 3.63) is 64.2 Å². The molecule has 3 rings (SSSR count). The molecule has 0 radical (unpaired) electrons. The number of carbonyl (C=O) groups excluding carboxylic acids is 1. The second-order valence-corrected chi connectivity index (χ2v) is 7.27. The number of nitrogens with zero attached hydrogens (tertiary/aromatic N) is 3. The SMILES string of the molecule is Cc1cc(C(=O)N(Cc2ccc(F)cc2Cl)CC2CC=CCC2)nn1C. The van der Waals surface area contributed by atoms with E-state index in [1.165, 1.54) is 12.1 Å². The van der Waals surface area contributed by atoms with Gasteiger partial charge in [0.2, 0.25) is 0 Å². The van der Waals surface area contributed by atoms with Crippen LogP contribution in [0.1, 0.15) is 41.0 Å². The van der Waals surface area contributed by atoms with Crippen molar-refractivity contribution in [1.82, 2.24) is 14.7 Å². The molecule has 0 N–H and O–H groups in total.